The number of hydrogen-bond acceptors (Lipinski definition) is 2. The maximum Gasteiger partial charge on any atom is 0.323 e. The molecule has 0 aromatic carbocycles. The van der Waals surface area contributed by atoms with Gasteiger partial charge in [-0.3, -0.25) is 4.79 Å². The second-order valence-electron chi connectivity index (χ2n) is 5.44. The van der Waals surface area contributed by atoms with Crippen LogP contribution in [0.5, 0.6) is 0 Å². The molecule has 19 heavy (non-hydrogen) atoms. The van der Waals surface area contributed by atoms with E-state index in [2.05, 4.69) is 5.32 Å². The van der Waals surface area contributed by atoms with Gasteiger partial charge in [0.15, 0.2) is 0 Å². The van der Waals surface area contributed by atoms with Crippen LogP contribution in [0, 0.1) is 5.92 Å². The number of hydrogen-bond donors (Lipinski definition) is 2. The third-order valence-electron chi connectivity index (χ3n) is 3.60. The van der Waals surface area contributed by atoms with E-state index in [4.69, 9.17) is 5.11 Å². The molecule has 0 saturated heterocycles. The topological polar surface area (TPSA) is 69.6 Å². The van der Waals surface area contributed by atoms with E-state index in [9.17, 15) is 9.59 Å². The molecule has 0 rings (SSSR count). The number of carbonyl (C=O) groups is 2. The van der Waals surface area contributed by atoms with Gasteiger partial charge >= 0.3 is 12.0 Å². The predicted octanol–water partition coefficient (Wildman–Crippen LogP) is 2.71. The zero-order chi connectivity index (χ0) is 15.1. The van der Waals surface area contributed by atoms with Gasteiger partial charge in [-0.2, -0.15) is 0 Å². The highest BCUT2D eigenvalue weighted by molar-refractivity contribution is 5.80. The normalized spacial score (nSPS) is 11.5. The Hall–Kier alpha value is -1.26. The first-order valence-electron chi connectivity index (χ1n) is 7.09. The molecule has 0 fully saturated rings. The van der Waals surface area contributed by atoms with Crippen LogP contribution in [-0.4, -0.2) is 40.6 Å². The van der Waals surface area contributed by atoms with Crippen molar-refractivity contribution in [1.82, 2.24) is 10.2 Å². The van der Waals surface area contributed by atoms with E-state index in [1.165, 1.54) is 4.90 Å². The summed E-state index contributed by atoms with van der Waals surface area (Å²) in [5.74, 6) is -0.740. The van der Waals surface area contributed by atoms with Gasteiger partial charge in [0, 0.05) is 12.1 Å². The zero-order valence-electron chi connectivity index (χ0n) is 12.8. The van der Waals surface area contributed by atoms with Crippen LogP contribution in [0.25, 0.3) is 0 Å². The van der Waals surface area contributed by atoms with Crippen molar-refractivity contribution in [1.29, 1.82) is 0 Å². The fourth-order valence-electron chi connectivity index (χ4n) is 2.14. The Bertz CT molecular complexity index is 291. The second kappa shape index (κ2) is 8.02. The molecule has 5 nitrogen and oxygen atoms in total. The number of nitrogens with zero attached hydrogens (tertiary/aromatic N) is 1. The number of carboxylic acid groups (broad SMARTS) is 1. The number of amides is 2. The van der Waals surface area contributed by atoms with Crippen LogP contribution in [0.1, 0.15) is 53.9 Å². The van der Waals surface area contributed by atoms with Gasteiger partial charge in [-0.05, 0) is 25.2 Å². The van der Waals surface area contributed by atoms with Crippen LogP contribution in [-0.2, 0) is 4.79 Å². The quantitative estimate of drug-likeness (QED) is 0.713. The lowest BCUT2D eigenvalue weighted by Gasteiger charge is -2.35. The van der Waals surface area contributed by atoms with E-state index in [1.54, 1.807) is 0 Å². The molecule has 0 radical (unpaired) electrons. The smallest absolute Gasteiger partial charge is 0.323 e. The average Bonchev–Trinajstić information content (AvgIpc) is 2.34. The van der Waals surface area contributed by atoms with E-state index in [0.717, 1.165) is 19.3 Å². The lowest BCUT2D eigenvalue weighted by molar-refractivity contribution is -0.137. The first-order valence-corrected chi connectivity index (χ1v) is 7.09. The largest absolute Gasteiger partial charge is 0.480 e. The van der Waals surface area contributed by atoms with E-state index in [1.807, 2.05) is 34.6 Å². The van der Waals surface area contributed by atoms with Gasteiger partial charge < -0.3 is 15.3 Å². The molecule has 112 valence electrons. The first kappa shape index (κ1) is 17.7. The lowest BCUT2D eigenvalue weighted by atomic mass is 9.90. The number of rotatable bonds is 8. The Morgan fingerprint density at radius 2 is 1.63 bits per heavy atom. The standard InChI is InChI=1S/C14H28N2O3/c1-6-14(7-2,8-3)15-13(19)16(9-11(4)5)10-12(17)18/h11H,6-10H2,1-5H3,(H,15,19)(H,17,18). The number of aliphatic carboxylic acids is 1. The summed E-state index contributed by atoms with van der Waals surface area (Å²) >= 11 is 0. The highest BCUT2D eigenvalue weighted by Crippen LogP contribution is 2.19. The summed E-state index contributed by atoms with van der Waals surface area (Å²) in [5, 5.41) is 11.9. The van der Waals surface area contributed by atoms with Crippen molar-refractivity contribution >= 4 is 12.0 Å². The molecule has 2 N–H and O–H groups in total. The lowest BCUT2D eigenvalue weighted by Crippen LogP contribution is -2.54. The van der Waals surface area contributed by atoms with Crippen LogP contribution in [0.4, 0.5) is 4.79 Å². The minimum Gasteiger partial charge on any atom is -0.480 e. The molecule has 0 heterocycles. The van der Waals surface area contributed by atoms with Gasteiger partial charge in [-0.25, -0.2) is 4.79 Å². The fraction of sp³-hybridized carbons (Fsp3) is 0.857. The minimum absolute atomic E-state index is 0.231. The van der Waals surface area contributed by atoms with Crippen LogP contribution in [0.15, 0.2) is 0 Å². The molecule has 0 spiro atoms. The molecule has 0 atom stereocenters. The third kappa shape index (κ3) is 5.94. The number of nitrogens with one attached hydrogen (secondary N) is 1. The number of carbonyl (C=O) groups excluding carboxylic acids is 1. The summed E-state index contributed by atoms with van der Waals surface area (Å²) in [7, 11) is 0. The van der Waals surface area contributed by atoms with Crippen LogP contribution in [0.2, 0.25) is 0 Å². The van der Waals surface area contributed by atoms with Crippen molar-refractivity contribution in [2.75, 3.05) is 13.1 Å². The van der Waals surface area contributed by atoms with Crippen LogP contribution >= 0.6 is 0 Å². The second-order valence-corrected chi connectivity index (χ2v) is 5.44. The summed E-state index contributed by atoms with van der Waals surface area (Å²) in [6.07, 6.45) is 2.52. The van der Waals surface area contributed by atoms with Gasteiger partial charge in [0.1, 0.15) is 6.54 Å². The van der Waals surface area contributed by atoms with E-state index < -0.39 is 5.97 Å². The molecular weight excluding hydrogens is 244 g/mol. The molecule has 2 amide bonds. The van der Waals surface area contributed by atoms with Gasteiger partial charge in [-0.15, -0.1) is 0 Å². The molecular formula is C14H28N2O3. The van der Waals surface area contributed by atoms with Crippen molar-refractivity contribution in [3.05, 3.63) is 0 Å². The third-order valence-corrected chi connectivity index (χ3v) is 3.60. The molecule has 0 bridgehead atoms. The minimum atomic E-state index is -0.981. The van der Waals surface area contributed by atoms with Gasteiger partial charge in [0.25, 0.3) is 0 Å². The molecule has 0 unspecified atom stereocenters. The summed E-state index contributed by atoms with van der Waals surface area (Å²) in [5.41, 5.74) is -0.231. The van der Waals surface area contributed by atoms with Crippen molar-refractivity contribution in [3.63, 3.8) is 0 Å². The monoisotopic (exact) mass is 272 g/mol. The zero-order valence-corrected chi connectivity index (χ0v) is 12.8. The Morgan fingerprint density at radius 3 is 1.95 bits per heavy atom. The summed E-state index contributed by atoms with van der Waals surface area (Å²) in [6, 6.07) is -0.276. The van der Waals surface area contributed by atoms with Gasteiger partial charge in [0.05, 0.1) is 0 Å². The molecule has 0 saturated carbocycles. The van der Waals surface area contributed by atoms with Crippen molar-refractivity contribution in [2.45, 2.75) is 59.4 Å². The molecule has 0 aliphatic heterocycles. The SMILES string of the molecule is CCC(CC)(CC)NC(=O)N(CC(=O)O)CC(C)C. The summed E-state index contributed by atoms with van der Waals surface area (Å²) in [6.45, 7) is 10.2. The van der Waals surface area contributed by atoms with E-state index >= 15 is 0 Å². The molecule has 0 aliphatic rings. The number of carboxylic acids is 1. The highest BCUT2D eigenvalue weighted by Gasteiger charge is 2.29. The molecule has 5 heteroatoms. The summed E-state index contributed by atoms with van der Waals surface area (Å²) in [4.78, 5) is 24.5. The molecule has 0 aromatic heterocycles. The fourth-order valence-corrected chi connectivity index (χ4v) is 2.14. The van der Waals surface area contributed by atoms with Gasteiger partial charge in [0.2, 0.25) is 0 Å². The predicted molar refractivity (Wildman–Crippen MR) is 76.2 cm³/mol. The van der Waals surface area contributed by atoms with Crippen molar-refractivity contribution in [2.24, 2.45) is 5.92 Å². The van der Waals surface area contributed by atoms with Crippen LogP contribution < -0.4 is 5.32 Å². The Morgan fingerprint density at radius 1 is 1.16 bits per heavy atom. The van der Waals surface area contributed by atoms with E-state index in [-0.39, 0.29) is 24.0 Å². The Labute approximate surface area is 116 Å². The molecule has 0 aromatic rings. The molecule has 0 aliphatic carbocycles. The first-order chi connectivity index (χ1) is 8.80. The van der Waals surface area contributed by atoms with E-state index in [0.29, 0.717) is 6.54 Å². The maximum atomic E-state index is 12.3. The van der Waals surface area contributed by atoms with Crippen molar-refractivity contribution < 1.29 is 14.7 Å². The summed E-state index contributed by atoms with van der Waals surface area (Å²) < 4.78 is 0. The van der Waals surface area contributed by atoms with Crippen molar-refractivity contribution in [3.8, 4) is 0 Å². The van der Waals surface area contributed by atoms with Gasteiger partial charge in [-0.1, -0.05) is 34.6 Å². The number of urea groups is 1. The highest BCUT2D eigenvalue weighted by atomic mass is 16.4. The Balaban J connectivity index is 4.83. The average molecular weight is 272 g/mol. The van der Waals surface area contributed by atoms with Crippen LogP contribution in [0.3, 0.4) is 0 Å². The Kier molecular flexibility index (Phi) is 7.49. The maximum absolute atomic E-state index is 12.3.